The van der Waals surface area contributed by atoms with E-state index in [1.54, 1.807) is 18.2 Å². The molecule has 96 valence electrons. The highest BCUT2D eigenvalue weighted by Crippen LogP contribution is 2.28. The molecule has 2 aromatic rings. The maximum Gasteiger partial charge on any atom is 0.130 e. The molecule has 0 spiro atoms. The number of aliphatic hydroxyl groups is 1. The second-order valence-electron chi connectivity index (χ2n) is 3.97. The minimum absolute atomic E-state index is 0.0717. The van der Waals surface area contributed by atoms with Crippen molar-refractivity contribution in [3.05, 3.63) is 58.1 Å². The highest BCUT2D eigenvalue weighted by molar-refractivity contribution is 9.10. The zero-order valence-corrected chi connectivity index (χ0v) is 11.7. The van der Waals surface area contributed by atoms with Crippen molar-refractivity contribution >= 4 is 15.9 Å². The Balaban J connectivity index is 2.31. The fraction of sp³-hybridized carbons (Fsp3) is 0.133. The van der Waals surface area contributed by atoms with Crippen LogP contribution in [0.3, 0.4) is 0 Å². The predicted molar refractivity (Wildman–Crippen MR) is 76.2 cm³/mol. The lowest BCUT2D eigenvalue weighted by atomic mass is 10.1. The number of hydrogen-bond acceptors (Lipinski definition) is 3. The molecule has 0 saturated carbocycles. The van der Waals surface area contributed by atoms with Crippen molar-refractivity contribution in [1.82, 2.24) is 0 Å². The van der Waals surface area contributed by atoms with Gasteiger partial charge in [0.2, 0.25) is 0 Å². The van der Waals surface area contributed by atoms with E-state index in [0.717, 1.165) is 10.0 Å². The van der Waals surface area contributed by atoms with Gasteiger partial charge in [-0.25, -0.2) is 0 Å². The molecule has 2 aromatic carbocycles. The molecule has 19 heavy (non-hydrogen) atoms. The first kappa shape index (κ1) is 13.6. The minimum Gasteiger partial charge on any atom is -0.457 e. The van der Waals surface area contributed by atoms with Crippen molar-refractivity contribution in [1.29, 1.82) is 5.26 Å². The molecule has 0 atom stereocenters. The van der Waals surface area contributed by atoms with Gasteiger partial charge in [-0.1, -0.05) is 34.1 Å². The summed E-state index contributed by atoms with van der Waals surface area (Å²) < 4.78 is 6.59. The average molecular weight is 318 g/mol. The maximum absolute atomic E-state index is 9.03. The van der Waals surface area contributed by atoms with Gasteiger partial charge in [0.05, 0.1) is 11.6 Å². The predicted octanol–water partition coefficient (Wildman–Crippen LogP) is 3.65. The van der Waals surface area contributed by atoms with Gasteiger partial charge in [0.1, 0.15) is 11.5 Å². The molecule has 1 N–H and O–H groups in total. The van der Waals surface area contributed by atoms with Crippen molar-refractivity contribution in [2.75, 3.05) is 6.61 Å². The van der Waals surface area contributed by atoms with Gasteiger partial charge in [-0.2, -0.15) is 5.26 Å². The molecule has 4 heteroatoms. The number of rotatable bonds is 4. The molecule has 0 amide bonds. The van der Waals surface area contributed by atoms with Gasteiger partial charge >= 0.3 is 0 Å². The number of ether oxygens (including phenoxy) is 1. The molecular formula is C15H12BrNO2. The Morgan fingerprint density at radius 3 is 2.74 bits per heavy atom. The van der Waals surface area contributed by atoms with Gasteiger partial charge in [0.15, 0.2) is 0 Å². The zero-order valence-electron chi connectivity index (χ0n) is 10.1. The van der Waals surface area contributed by atoms with E-state index in [-0.39, 0.29) is 6.61 Å². The Morgan fingerprint density at radius 2 is 2.00 bits per heavy atom. The quantitative estimate of drug-likeness (QED) is 0.936. The van der Waals surface area contributed by atoms with Crippen molar-refractivity contribution in [2.24, 2.45) is 0 Å². The molecule has 0 heterocycles. The van der Waals surface area contributed by atoms with Crippen LogP contribution < -0.4 is 4.74 Å². The monoisotopic (exact) mass is 317 g/mol. The van der Waals surface area contributed by atoms with Gasteiger partial charge in [-0.05, 0) is 36.2 Å². The molecule has 0 aliphatic carbocycles. The summed E-state index contributed by atoms with van der Waals surface area (Å²) in [6.45, 7) is 0.0717. The number of aliphatic hydroxyl groups excluding tert-OH is 1. The van der Waals surface area contributed by atoms with Crippen LogP contribution in [0.1, 0.15) is 11.1 Å². The molecule has 0 radical (unpaired) electrons. The molecule has 0 fully saturated rings. The fourth-order valence-corrected chi connectivity index (χ4v) is 2.22. The average Bonchev–Trinajstić information content (AvgIpc) is 2.40. The van der Waals surface area contributed by atoms with E-state index in [0.29, 0.717) is 23.5 Å². The van der Waals surface area contributed by atoms with Gasteiger partial charge in [0, 0.05) is 11.1 Å². The van der Waals surface area contributed by atoms with Crippen LogP contribution in [0.4, 0.5) is 0 Å². The number of benzene rings is 2. The van der Waals surface area contributed by atoms with Crippen LogP contribution >= 0.6 is 15.9 Å². The molecule has 0 aromatic heterocycles. The summed E-state index contributed by atoms with van der Waals surface area (Å²) in [6.07, 6.45) is 0.537. The lowest BCUT2D eigenvalue weighted by Crippen LogP contribution is -1.95. The van der Waals surface area contributed by atoms with Gasteiger partial charge in [0.25, 0.3) is 0 Å². The second-order valence-corrected chi connectivity index (χ2v) is 4.89. The summed E-state index contributed by atoms with van der Waals surface area (Å²) in [5.74, 6) is 1.29. The summed E-state index contributed by atoms with van der Waals surface area (Å²) in [4.78, 5) is 0. The van der Waals surface area contributed by atoms with Gasteiger partial charge in [-0.3, -0.25) is 0 Å². The topological polar surface area (TPSA) is 53.2 Å². The lowest BCUT2D eigenvalue weighted by Gasteiger charge is -2.11. The van der Waals surface area contributed by atoms with Crippen LogP contribution in [0.2, 0.25) is 0 Å². The zero-order chi connectivity index (χ0) is 13.7. The molecule has 0 aliphatic rings. The van der Waals surface area contributed by atoms with Crippen LogP contribution in [0, 0.1) is 11.3 Å². The van der Waals surface area contributed by atoms with E-state index in [4.69, 9.17) is 15.1 Å². The first-order chi connectivity index (χ1) is 9.22. The number of hydrogen-bond donors (Lipinski definition) is 1. The first-order valence-electron chi connectivity index (χ1n) is 5.80. The van der Waals surface area contributed by atoms with Crippen LogP contribution in [0.25, 0.3) is 0 Å². The van der Waals surface area contributed by atoms with Crippen molar-refractivity contribution < 1.29 is 9.84 Å². The van der Waals surface area contributed by atoms with Gasteiger partial charge in [-0.15, -0.1) is 0 Å². The summed E-state index contributed by atoms with van der Waals surface area (Å²) in [5.41, 5.74) is 1.47. The molecule has 0 saturated heterocycles. The van der Waals surface area contributed by atoms with E-state index in [1.165, 1.54) is 0 Å². The summed E-state index contributed by atoms with van der Waals surface area (Å²) in [5, 5.41) is 18.0. The molecule has 0 bridgehead atoms. The SMILES string of the molecule is N#Cc1cc(Br)cc(Oc2ccccc2CCO)c1. The molecular weight excluding hydrogens is 306 g/mol. The number of nitrogens with zero attached hydrogens (tertiary/aromatic N) is 1. The third kappa shape index (κ3) is 3.57. The standard InChI is InChI=1S/C15H12BrNO2/c16-13-7-11(10-17)8-14(9-13)19-15-4-2-1-3-12(15)5-6-18/h1-4,7-9,18H,5-6H2. The highest BCUT2D eigenvalue weighted by Gasteiger charge is 2.06. The minimum atomic E-state index is 0.0717. The van der Waals surface area contributed by atoms with Crippen molar-refractivity contribution in [3.63, 3.8) is 0 Å². The summed E-state index contributed by atoms with van der Waals surface area (Å²) in [7, 11) is 0. The van der Waals surface area contributed by atoms with E-state index in [2.05, 4.69) is 22.0 Å². The van der Waals surface area contributed by atoms with E-state index < -0.39 is 0 Å². The van der Waals surface area contributed by atoms with Crippen LogP contribution in [0.15, 0.2) is 46.9 Å². The molecule has 2 rings (SSSR count). The highest BCUT2D eigenvalue weighted by atomic mass is 79.9. The Kier molecular flexibility index (Phi) is 4.56. The van der Waals surface area contributed by atoms with E-state index in [9.17, 15) is 0 Å². The maximum atomic E-state index is 9.03. The van der Waals surface area contributed by atoms with Crippen LogP contribution in [0.5, 0.6) is 11.5 Å². The smallest absolute Gasteiger partial charge is 0.130 e. The number of para-hydroxylation sites is 1. The fourth-order valence-electron chi connectivity index (χ4n) is 1.74. The third-order valence-corrected chi connectivity index (χ3v) is 3.04. The third-order valence-electron chi connectivity index (χ3n) is 2.58. The lowest BCUT2D eigenvalue weighted by molar-refractivity contribution is 0.298. The normalized spacial score (nSPS) is 9.95. The first-order valence-corrected chi connectivity index (χ1v) is 6.59. The summed E-state index contributed by atoms with van der Waals surface area (Å²) in [6, 6.07) is 14.8. The van der Waals surface area contributed by atoms with Gasteiger partial charge < -0.3 is 9.84 Å². The van der Waals surface area contributed by atoms with Crippen molar-refractivity contribution in [2.45, 2.75) is 6.42 Å². The molecule has 3 nitrogen and oxygen atoms in total. The Labute approximate surface area is 120 Å². The van der Waals surface area contributed by atoms with Crippen molar-refractivity contribution in [3.8, 4) is 17.6 Å². The Morgan fingerprint density at radius 1 is 1.21 bits per heavy atom. The van der Waals surface area contributed by atoms with E-state index in [1.807, 2.05) is 24.3 Å². The Bertz CT molecular complexity index is 620. The summed E-state index contributed by atoms with van der Waals surface area (Å²) >= 11 is 3.35. The number of nitriles is 1. The number of halogens is 1. The van der Waals surface area contributed by atoms with Crippen LogP contribution in [-0.2, 0) is 6.42 Å². The largest absolute Gasteiger partial charge is 0.457 e. The van der Waals surface area contributed by atoms with Crippen LogP contribution in [-0.4, -0.2) is 11.7 Å². The Hall–Kier alpha value is -1.83. The molecule has 0 aliphatic heterocycles. The second kappa shape index (κ2) is 6.37. The van der Waals surface area contributed by atoms with E-state index >= 15 is 0 Å². The molecule has 0 unspecified atom stereocenters.